The van der Waals surface area contributed by atoms with E-state index in [1.54, 1.807) is 13.8 Å². The molecule has 2 N–H and O–H groups in total. The fourth-order valence-electron chi connectivity index (χ4n) is 0.953. The summed E-state index contributed by atoms with van der Waals surface area (Å²) in [5.74, 6) is -1.92. The minimum absolute atomic E-state index is 0.0362. The van der Waals surface area contributed by atoms with E-state index in [0.29, 0.717) is 0 Å². The largest absolute Gasteiger partial charge is 0.481 e. The SMILES string of the molecule is C[C@H](CC(=O)O)[C@@H](C)CC(=O)O. The van der Waals surface area contributed by atoms with E-state index >= 15 is 0 Å². The smallest absolute Gasteiger partial charge is 0.303 e. The van der Waals surface area contributed by atoms with Gasteiger partial charge in [0.25, 0.3) is 0 Å². The summed E-state index contributed by atoms with van der Waals surface area (Å²) in [5.41, 5.74) is 0. The van der Waals surface area contributed by atoms with Gasteiger partial charge in [0.2, 0.25) is 0 Å². The Morgan fingerprint density at radius 2 is 1.25 bits per heavy atom. The van der Waals surface area contributed by atoms with Crippen LogP contribution in [-0.4, -0.2) is 22.2 Å². The molecule has 0 unspecified atom stereocenters. The predicted molar refractivity (Wildman–Crippen MR) is 42.8 cm³/mol. The third-order valence-corrected chi connectivity index (χ3v) is 1.96. The standard InChI is InChI=1S/C8H14O4/c1-5(3-7(9)10)6(2)4-8(11)12/h5-6H,3-4H2,1-2H3,(H,9,10)(H,11,12)/t5-,6+. The molecule has 0 spiro atoms. The second-order valence-corrected chi connectivity index (χ2v) is 3.15. The highest BCUT2D eigenvalue weighted by molar-refractivity contribution is 5.68. The zero-order valence-corrected chi connectivity index (χ0v) is 7.28. The van der Waals surface area contributed by atoms with Crippen LogP contribution in [0.4, 0.5) is 0 Å². The van der Waals surface area contributed by atoms with E-state index in [1.165, 1.54) is 0 Å². The number of carboxylic acid groups (broad SMARTS) is 2. The summed E-state index contributed by atoms with van der Waals surface area (Å²) < 4.78 is 0. The summed E-state index contributed by atoms with van der Waals surface area (Å²) in [6, 6.07) is 0. The second kappa shape index (κ2) is 4.74. The Hall–Kier alpha value is -1.06. The summed E-state index contributed by atoms with van der Waals surface area (Å²) in [7, 11) is 0. The van der Waals surface area contributed by atoms with Gasteiger partial charge in [0.05, 0.1) is 0 Å². The molecule has 0 aromatic carbocycles. The molecule has 0 rings (SSSR count). The van der Waals surface area contributed by atoms with Crippen LogP contribution in [0.3, 0.4) is 0 Å². The Morgan fingerprint density at radius 1 is 1.00 bits per heavy atom. The lowest BCUT2D eigenvalue weighted by molar-refractivity contribution is -0.141. The quantitative estimate of drug-likeness (QED) is 0.656. The van der Waals surface area contributed by atoms with Crippen molar-refractivity contribution < 1.29 is 19.8 Å². The number of carboxylic acids is 2. The van der Waals surface area contributed by atoms with Crippen LogP contribution in [0.25, 0.3) is 0 Å². The number of hydrogen-bond acceptors (Lipinski definition) is 2. The molecule has 0 fully saturated rings. The monoisotopic (exact) mass is 174 g/mol. The Morgan fingerprint density at radius 3 is 1.42 bits per heavy atom. The van der Waals surface area contributed by atoms with Crippen LogP contribution in [0, 0.1) is 11.8 Å². The van der Waals surface area contributed by atoms with E-state index in [1.807, 2.05) is 0 Å². The van der Waals surface area contributed by atoms with E-state index in [9.17, 15) is 9.59 Å². The Kier molecular flexibility index (Phi) is 4.33. The van der Waals surface area contributed by atoms with Gasteiger partial charge >= 0.3 is 11.9 Å². The molecular formula is C8H14O4. The van der Waals surface area contributed by atoms with Crippen molar-refractivity contribution in [3.8, 4) is 0 Å². The number of carbonyl (C=O) groups is 2. The number of hydrogen-bond donors (Lipinski definition) is 2. The highest BCUT2D eigenvalue weighted by atomic mass is 16.4. The van der Waals surface area contributed by atoms with E-state index in [2.05, 4.69) is 0 Å². The molecule has 0 radical (unpaired) electrons. The zero-order valence-electron chi connectivity index (χ0n) is 7.28. The summed E-state index contributed by atoms with van der Waals surface area (Å²) in [6.07, 6.45) is 0.0723. The summed E-state index contributed by atoms with van der Waals surface area (Å²) in [5, 5.41) is 16.8. The van der Waals surface area contributed by atoms with E-state index in [0.717, 1.165) is 0 Å². The summed E-state index contributed by atoms with van der Waals surface area (Å²) in [6.45, 7) is 3.50. The van der Waals surface area contributed by atoms with E-state index < -0.39 is 11.9 Å². The van der Waals surface area contributed by atoms with Gasteiger partial charge in [0, 0.05) is 12.8 Å². The van der Waals surface area contributed by atoms with Crippen molar-refractivity contribution in [3.05, 3.63) is 0 Å². The van der Waals surface area contributed by atoms with Gasteiger partial charge in [-0.05, 0) is 11.8 Å². The van der Waals surface area contributed by atoms with Crippen LogP contribution < -0.4 is 0 Å². The van der Waals surface area contributed by atoms with Crippen molar-refractivity contribution in [2.24, 2.45) is 11.8 Å². The topological polar surface area (TPSA) is 74.6 Å². The second-order valence-electron chi connectivity index (χ2n) is 3.15. The average molecular weight is 174 g/mol. The van der Waals surface area contributed by atoms with E-state index in [-0.39, 0.29) is 24.7 Å². The first-order valence-electron chi connectivity index (χ1n) is 3.87. The Bertz CT molecular complexity index is 156. The molecule has 0 bridgehead atoms. The molecule has 0 aliphatic carbocycles. The minimum Gasteiger partial charge on any atom is -0.481 e. The molecular weight excluding hydrogens is 160 g/mol. The van der Waals surface area contributed by atoms with Gasteiger partial charge in [-0.2, -0.15) is 0 Å². The maximum absolute atomic E-state index is 10.3. The van der Waals surface area contributed by atoms with Crippen molar-refractivity contribution in [2.75, 3.05) is 0 Å². The van der Waals surface area contributed by atoms with Gasteiger partial charge in [-0.15, -0.1) is 0 Å². The fraction of sp³-hybridized carbons (Fsp3) is 0.750. The van der Waals surface area contributed by atoms with Gasteiger partial charge in [-0.3, -0.25) is 9.59 Å². The van der Waals surface area contributed by atoms with Crippen molar-refractivity contribution >= 4 is 11.9 Å². The normalized spacial score (nSPS) is 15.2. The minimum atomic E-state index is -0.875. The van der Waals surface area contributed by atoms with Crippen LogP contribution in [0.15, 0.2) is 0 Å². The Balaban J connectivity index is 3.83. The molecule has 0 amide bonds. The van der Waals surface area contributed by atoms with Gasteiger partial charge in [0.1, 0.15) is 0 Å². The third kappa shape index (κ3) is 4.71. The van der Waals surface area contributed by atoms with Gasteiger partial charge in [0.15, 0.2) is 0 Å². The van der Waals surface area contributed by atoms with Gasteiger partial charge in [-0.1, -0.05) is 13.8 Å². The van der Waals surface area contributed by atoms with Crippen LogP contribution in [0.5, 0.6) is 0 Å². The Labute approximate surface area is 71.2 Å². The molecule has 12 heavy (non-hydrogen) atoms. The molecule has 0 aliphatic rings. The molecule has 2 atom stereocenters. The maximum Gasteiger partial charge on any atom is 0.303 e. The first-order valence-corrected chi connectivity index (χ1v) is 3.87. The third-order valence-electron chi connectivity index (χ3n) is 1.96. The molecule has 4 heteroatoms. The van der Waals surface area contributed by atoms with Crippen LogP contribution in [-0.2, 0) is 9.59 Å². The summed E-state index contributed by atoms with van der Waals surface area (Å²) >= 11 is 0. The molecule has 0 aliphatic heterocycles. The molecule has 0 saturated carbocycles. The summed E-state index contributed by atoms with van der Waals surface area (Å²) in [4.78, 5) is 20.5. The van der Waals surface area contributed by atoms with Crippen molar-refractivity contribution in [3.63, 3.8) is 0 Å². The number of rotatable bonds is 5. The molecule has 0 aromatic heterocycles. The lowest BCUT2D eigenvalue weighted by Crippen LogP contribution is -2.16. The fourth-order valence-corrected chi connectivity index (χ4v) is 0.953. The van der Waals surface area contributed by atoms with Crippen molar-refractivity contribution in [2.45, 2.75) is 26.7 Å². The number of aliphatic carboxylic acids is 2. The van der Waals surface area contributed by atoms with Crippen LogP contribution in [0.1, 0.15) is 26.7 Å². The lowest BCUT2D eigenvalue weighted by Gasteiger charge is -2.15. The molecule has 70 valence electrons. The van der Waals surface area contributed by atoms with Gasteiger partial charge < -0.3 is 10.2 Å². The van der Waals surface area contributed by atoms with Crippen molar-refractivity contribution in [1.82, 2.24) is 0 Å². The first kappa shape index (κ1) is 10.9. The highest BCUT2D eigenvalue weighted by Crippen LogP contribution is 2.18. The van der Waals surface area contributed by atoms with E-state index in [4.69, 9.17) is 10.2 Å². The molecule has 0 aromatic rings. The average Bonchev–Trinajstić information content (AvgIpc) is 1.84. The predicted octanol–water partition coefficient (Wildman–Crippen LogP) is 1.21. The highest BCUT2D eigenvalue weighted by Gasteiger charge is 2.17. The van der Waals surface area contributed by atoms with Gasteiger partial charge in [-0.25, -0.2) is 0 Å². The zero-order chi connectivity index (χ0) is 9.72. The molecule has 0 saturated heterocycles. The van der Waals surface area contributed by atoms with Crippen LogP contribution in [0.2, 0.25) is 0 Å². The first-order chi connectivity index (χ1) is 5.43. The van der Waals surface area contributed by atoms with Crippen LogP contribution >= 0.6 is 0 Å². The molecule has 0 heterocycles. The van der Waals surface area contributed by atoms with Crippen molar-refractivity contribution in [1.29, 1.82) is 0 Å². The molecule has 4 nitrogen and oxygen atoms in total. The lowest BCUT2D eigenvalue weighted by atomic mass is 9.90. The maximum atomic E-state index is 10.3.